The van der Waals surface area contributed by atoms with E-state index in [0.29, 0.717) is 17.2 Å². The minimum absolute atomic E-state index is 0. The second-order valence-electron chi connectivity index (χ2n) is 5.31. The van der Waals surface area contributed by atoms with Crippen LogP contribution in [-0.4, -0.2) is 29.5 Å². The third kappa shape index (κ3) is 4.41. The summed E-state index contributed by atoms with van der Waals surface area (Å²) in [7, 11) is 0. The first-order chi connectivity index (χ1) is 9.47. The molecule has 0 spiro atoms. The molecule has 0 radical (unpaired) electrons. The molecule has 1 fully saturated rings. The number of nitrogens with one attached hydrogen (secondary N) is 2. The lowest BCUT2D eigenvalue weighted by molar-refractivity contribution is -0.385. The average Bonchev–Trinajstić information content (AvgIpc) is 2.38. The molecule has 21 heavy (non-hydrogen) atoms. The summed E-state index contributed by atoms with van der Waals surface area (Å²) in [5.74, 6) is -0.243. The number of carbonyl (C=O) groups excluding carboxylic acids is 1. The number of nitro groups is 1. The van der Waals surface area contributed by atoms with Gasteiger partial charge in [0.1, 0.15) is 0 Å². The molecule has 1 amide bonds. The van der Waals surface area contributed by atoms with Gasteiger partial charge in [-0.25, -0.2) is 0 Å². The molecule has 6 nitrogen and oxygen atoms in total. The lowest BCUT2D eigenvalue weighted by atomic mass is 10.00. The van der Waals surface area contributed by atoms with Crippen LogP contribution >= 0.6 is 12.4 Å². The number of amides is 1. The molecule has 1 aliphatic rings. The molecule has 1 aromatic rings. The highest BCUT2D eigenvalue weighted by Crippen LogP contribution is 2.19. The van der Waals surface area contributed by atoms with Gasteiger partial charge in [0.2, 0.25) is 0 Å². The van der Waals surface area contributed by atoms with E-state index in [1.165, 1.54) is 6.07 Å². The van der Waals surface area contributed by atoms with Gasteiger partial charge >= 0.3 is 0 Å². The van der Waals surface area contributed by atoms with E-state index in [-0.39, 0.29) is 30.0 Å². The first-order valence-electron chi connectivity index (χ1n) is 6.76. The summed E-state index contributed by atoms with van der Waals surface area (Å²) in [4.78, 5) is 22.6. The quantitative estimate of drug-likeness (QED) is 0.662. The third-order valence-corrected chi connectivity index (χ3v) is 3.63. The Hall–Kier alpha value is -1.66. The number of rotatable bonds is 3. The zero-order chi connectivity index (χ0) is 14.7. The topological polar surface area (TPSA) is 84.3 Å². The molecule has 0 saturated carbocycles. The minimum atomic E-state index is -0.460. The van der Waals surface area contributed by atoms with E-state index in [1.807, 2.05) is 0 Å². The van der Waals surface area contributed by atoms with Gasteiger partial charge in [0.15, 0.2) is 0 Å². The van der Waals surface area contributed by atoms with Crippen molar-refractivity contribution in [3.05, 3.63) is 39.4 Å². The Morgan fingerprint density at radius 2 is 2.19 bits per heavy atom. The molecule has 116 valence electrons. The fourth-order valence-corrected chi connectivity index (χ4v) is 2.48. The molecule has 0 aromatic heterocycles. The normalized spacial score (nSPS) is 21.2. The summed E-state index contributed by atoms with van der Waals surface area (Å²) in [5.41, 5.74) is 0.881. The molecule has 1 saturated heterocycles. The summed E-state index contributed by atoms with van der Waals surface area (Å²) in [5, 5.41) is 17.2. The van der Waals surface area contributed by atoms with Crippen LogP contribution in [0.4, 0.5) is 5.69 Å². The molecule has 2 atom stereocenters. The predicted octanol–water partition coefficient (Wildman–Crippen LogP) is 2.20. The maximum absolute atomic E-state index is 12.2. The number of hydrogen-bond donors (Lipinski definition) is 2. The lowest BCUT2D eigenvalue weighted by Crippen LogP contribution is -2.46. The third-order valence-electron chi connectivity index (χ3n) is 3.63. The monoisotopic (exact) mass is 313 g/mol. The van der Waals surface area contributed by atoms with E-state index in [0.717, 1.165) is 19.4 Å². The molecule has 7 heteroatoms. The number of nitrogens with zero attached hydrogens (tertiary/aromatic N) is 1. The number of hydrogen-bond acceptors (Lipinski definition) is 4. The lowest BCUT2D eigenvalue weighted by Gasteiger charge is -2.28. The average molecular weight is 314 g/mol. The summed E-state index contributed by atoms with van der Waals surface area (Å²) < 4.78 is 0. The van der Waals surface area contributed by atoms with Crippen LogP contribution in [0, 0.1) is 17.0 Å². The molecule has 1 aromatic carbocycles. The van der Waals surface area contributed by atoms with Gasteiger partial charge in [0, 0.05) is 29.3 Å². The second kappa shape index (κ2) is 7.38. The molecular formula is C14H20ClN3O3. The van der Waals surface area contributed by atoms with Crippen molar-refractivity contribution < 1.29 is 9.72 Å². The highest BCUT2D eigenvalue weighted by atomic mass is 35.5. The Bertz CT molecular complexity index is 536. The second-order valence-corrected chi connectivity index (χ2v) is 5.31. The van der Waals surface area contributed by atoms with E-state index in [9.17, 15) is 14.9 Å². The van der Waals surface area contributed by atoms with Crippen LogP contribution in [-0.2, 0) is 0 Å². The van der Waals surface area contributed by atoms with Gasteiger partial charge in [-0.05, 0) is 39.3 Å². The fraction of sp³-hybridized carbons (Fsp3) is 0.500. The number of nitro benzene ring substituents is 1. The molecule has 1 aliphatic heterocycles. The van der Waals surface area contributed by atoms with Crippen molar-refractivity contribution in [1.82, 2.24) is 10.6 Å². The maximum Gasteiger partial charge on any atom is 0.273 e. The van der Waals surface area contributed by atoms with Crippen LogP contribution in [0.25, 0.3) is 0 Å². The van der Waals surface area contributed by atoms with Crippen LogP contribution in [0.2, 0.25) is 0 Å². The molecule has 0 bridgehead atoms. The molecule has 2 unspecified atom stereocenters. The standard InChI is InChI=1S/C14H19N3O3.ClH/c1-9-3-4-11(8-13(9)17(19)20)14(18)16-12-5-6-15-10(2)7-12;/h3-4,8,10,12,15H,5-7H2,1-2H3,(H,16,18);1H. The smallest absolute Gasteiger partial charge is 0.273 e. The number of carbonyl (C=O) groups is 1. The molecular weight excluding hydrogens is 294 g/mol. The Balaban J connectivity index is 0.00000220. The zero-order valence-corrected chi connectivity index (χ0v) is 12.9. The highest BCUT2D eigenvalue weighted by Gasteiger charge is 2.21. The van der Waals surface area contributed by atoms with Gasteiger partial charge in [-0.2, -0.15) is 0 Å². The summed E-state index contributed by atoms with van der Waals surface area (Å²) in [6.45, 7) is 4.61. The maximum atomic E-state index is 12.2. The van der Waals surface area contributed by atoms with Crippen molar-refractivity contribution in [2.45, 2.75) is 38.8 Å². The Morgan fingerprint density at radius 1 is 1.48 bits per heavy atom. The zero-order valence-electron chi connectivity index (χ0n) is 12.1. The minimum Gasteiger partial charge on any atom is -0.349 e. The van der Waals surface area contributed by atoms with Crippen LogP contribution in [0.15, 0.2) is 18.2 Å². The first-order valence-corrected chi connectivity index (χ1v) is 6.76. The van der Waals surface area contributed by atoms with Gasteiger partial charge in [0.05, 0.1) is 4.92 Å². The fourth-order valence-electron chi connectivity index (χ4n) is 2.48. The van der Waals surface area contributed by atoms with Gasteiger partial charge in [-0.1, -0.05) is 6.07 Å². The van der Waals surface area contributed by atoms with Gasteiger partial charge < -0.3 is 10.6 Å². The van der Waals surface area contributed by atoms with Crippen LogP contribution in [0.1, 0.15) is 35.7 Å². The van der Waals surface area contributed by atoms with Crippen molar-refractivity contribution >= 4 is 24.0 Å². The van der Waals surface area contributed by atoms with E-state index in [2.05, 4.69) is 17.6 Å². The Morgan fingerprint density at radius 3 is 2.81 bits per heavy atom. The summed E-state index contributed by atoms with van der Waals surface area (Å²) in [6, 6.07) is 5.08. The van der Waals surface area contributed by atoms with Gasteiger partial charge in [0.25, 0.3) is 11.6 Å². The molecule has 0 aliphatic carbocycles. The van der Waals surface area contributed by atoms with E-state index in [4.69, 9.17) is 0 Å². The number of aryl methyl sites for hydroxylation is 1. The number of halogens is 1. The highest BCUT2D eigenvalue weighted by molar-refractivity contribution is 5.95. The van der Waals surface area contributed by atoms with Crippen LogP contribution in [0.5, 0.6) is 0 Å². The first kappa shape index (κ1) is 17.4. The van der Waals surface area contributed by atoms with Crippen molar-refractivity contribution in [3.63, 3.8) is 0 Å². The number of piperidine rings is 1. The van der Waals surface area contributed by atoms with Gasteiger partial charge in [-0.3, -0.25) is 14.9 Å². The van der Waals surface area contributed by atoms with Crippen LogP contribution in [0.3, 0.4) is 0 Å². The summed E-state index contributed by atoms with van der Waals surface area (Å²) in [6.07, 6.45) is 1.75. The predicted molar refractivity (Wildman–Crippen MR) is 83.0 cm³/mol. The largest absolute Gasteiger partial charge is 0.349 e. The van der Waals surface area contributed by atoms with Crippen molar-refractivity contribution in [2.24, 2.45) is 0 Å². The molecule has 2 rings (SSSR count). The summed E-state index contributed by atoms with van der Waals surface area (Å²) >= 11 is 0. The Labute approximate surface area is 129 Å². The van der Waals surface area contributed by atoms with Crippen LogP contribution < -0.4 is 10.6 Å². The van der Waals surface area contributed by atoms with Gasteiger partial charge in [-0.15, -0.1) is 12.4 Å². The van der Waals surface area contributed by atoms with Crippen molar-refractivity contribution in [2.75, 3.05) is 6.54 Å². The van der Waals surface area contributed by atoms with Crippen molar-refractivity contribution in [1.29, 1.82) is 0 Å². The molecule has 1 heterocycles. The van der Waals surface area contributed by atoms with E-state index < -0.39 is 4.92 Å². The van der Waals surface area contributed by atoms with E-state index in [1.54, 1.807) is 19.1 Å². The molecule has 2 N–H and O–H groups in total. The Kier molecular flexibility index (Phi) is 6.11. The number of benzene rings is 1. The van der Waals surface area contributed by atoms with Crippen molar-refractivity contribution in [3.8, 4) is 0 Å². The van der Waals surface area contributed by atoms with E-state index >= 15 is 0 Å². The SMILES string of the molecule is Cc1ccc(C(=O)NC2CCNC(C)C2)cc1[N+](=O)[O-].Cl.